The maximum atomic E-state index is 13.2. The van der Waals surface area contributed by atoms with Gasteiger partial charge in [0, 0.05) is 23.1 Å². The fraction of sp³-hybridized carbons (Fsp3) is 0.704. The number of hydrogen-bond acceptors (Lipinski definition) is 2. The molecule has 0 saturated heterocycles. The summed E-state index contributed by atoms with van der Waals surface area (Å²) in [6, 6.07) is 4.42. The van der Waals surface area contributed by atoms with Crippen molar-refractivity contribution in [3.05, 3.63) is 34.4 Å². The molecule has 0 radical (unpaired) electrons. The van der Waals surface area contributed by atoms with E-state index >= 15 is 0 Å². The Kier molecular flexibility index (Phi) is 6.74. The minimum Gasteiger partial charge on any atom is -0.353 e. The fourth-order valence-electron chi connectivity index (χ4n) is 6.21. The van der Waals surface area contributed by atoms with Gasteiger partial charge in [0.1, 0.15) is 0 Å². The monoisotopic (exact) mass is 424 g/mol. The number of hydrogen-bond donors (Lipinski definition) is 2. The highest BCUT2D eigenvalue weighted by Gasteiger charge is 2.45. The molecule has 2 bridgehead atoms. The SMILES string of the molecule is CC(C)NC(=O)c1ccc(CC(C)NC(=O)C23CCC(CC2)CC3)c2c1CCCCC2. The number of nitrogens with one attached hydrogen (secondary N) is 2. The van der Waals surface area contributed by atoms with Crippen molar-refractivity contribution in [2.75, 3.05) is 0 Å². The topological polar surface area (TPSA) is 58.2 Å². The molecule has 31 heavy (non-hydrogen) atoms. The molecule has 1 aromatic rings. The van der Waals surface area contributed by atoms with E-state index in [-0.39, 0.29) is 29.3 Å². The van der Waals surface area contributed by atoms with Gasteiger partial charge in [-0.3, -0.25) is 9.59 Å². The first kappa shape index (κ1) is 22.4. The van der Waals surface area contributed by atoms with Gasteiger partial charge in [-0.2, -0.15) is 0 Å². The summed E-state index contributed by atoms with van der Waals surface area (Å²) < 4.78 is 0. The Balaban J connectivity index is 1.50. The average molecular weight is 425 g/mol. The predicted molar refractivity (Wildman–Crippen MR) is 125 cm³/mol. The van der Waals surface area contributed by atoms with Gasteiger partial charge in [-0.05, 0) is 120 Å². The van der Waals surface area contributed by atoms with Crippen LogP contribution in [0.15, 0.2) is 12.1 Å². The lowest BCUT2D eigenvalue weighted by Gasteiger charge is -2.45. The lowest BCUT2D eigenvalue weighted by Crippen LogP contribution is -2.49. The van der Waals surface area contributed by atoms with Gasteiger partial charge in [-0.15, -0.1) is 0 Å². The third-order valence-electron chi connectivity index (χ3n) is 8.02. The summed E-state index contributed by atoms with van der Waals surface area (Å²) in [7, 11) is 0. The lowest BCUT2D eigenvalue weighted by molar-refractivity contribution is -0.137. The number of carbonyl (C=O) groups excluding carboxylic acids is 2. The van der Waals surface area contributed by atoms with Gasteiger partial charge < -0.3 is 10.6 Å². The Morgan fingerprint density at radius 3 is 2.23 bits per heavy atom. The van der Waals surface area contributed by atoms with Crippen LogP contribution in [0.4, 0.5) is 0 Å². The zero-order chi connectivity index (χ0) is 22.0. The van der Waals surface area contributed by atoms with E-state index in [2.05, 4.69) is 23.6 Å². The van der Waals surface area contributed by atoms with E-state index in [0.717, 1.165) is 56.4 Å². The summed E-state index contributed by atoms with van der Waals surface area (Å²) in [5, 5.41) is 6.45. The average Bonchev–Trinajstić information content (AvgIpc) is 3.01. The van der Waals surface area contributed by atoms with Crippen LogP contribution in [0.1, 0.15) is 106 Å². The molecule has 1 atom stereocenters. The van der Waals surface area contributed by atoms with E-state index in [1.807, 2.05) is 19.9 Å². The summed E-state index contributed by atoms with van der Waals surface area (Å²) in [5.74, 6) is 1.21. The highest BCUT2D eigenvalue weighted by molar-refractivity contribution is 5.96. The molecule has 1 aromatic carbocycles. The highest BCUT2D eigenvalue weighted by Crippen LogP contribution is 2.50. The summed E-state index contributed by atoms with van der Waals surface area (Å²) in [4.78, 5) is 26.0. The first-order valence-corrected chi connectivity index (χ1v) is 12.6. The summed E-state index contributed by atoms with van der Waals surface area (Å²) in [6.07, 6.45) is 13.3. The second-order valence-corrected chi connectivity index (χ2v) is 10.8. The molecule has 4 nitrogen and oxygen atoms in total. The molecule has 0 spiro atoms. The Morgan fingerprint density at radius 2 is 1.58 bits per heavy atom. The number of benzene rings is 1. The molecule has 2 amide bonds. The van der Waals surface area contributed by atoms with Crippen LogP contribution in [0.5, 0.6) is 0 Å². The van der Waals surface area contributed by atoms with Gasteiger partial charge in [0.05, 0.1) is 0 Å². The number of carbonyl (C=O) groups is 2. The van der Waals surface area contributed by atoms with Crippen molar-refractivity contribution < 1.29 is 9.59 Å². The van der Waals surface area contributed by atoms with Crippen LogP contribution in [0, 0.1) is 11.3 Å². The van der Waals surface area contributed by atoms with Crippen LogP contribution in [0.25, 0.3) is 0 Å². The van der Waals surface area contributed by atoms with Crippen LogP contribution < -0.4 is 10.6 Å². The molecule has 4 aliphatic carbocycles. The molecule has 3 fully saturated rings. The first-order valence-electron chi connectivity index (χ1n) is 12.6. The molecular weight excluding hydrogens is 384 g/mol. The second kappa shape index (κ2) is 9.34. The summed E-state index contributed by atoms with van der Waals surface area (Å²) in [6.45, 7) is 6.16. The van der Waals surface area contributed by atoms with E-state index in [0.29, 0.717) is 0 Å². The van der Waals surface area contributed by atoms with Gasteiger partial charge in [-0.1, -0.05) is 12.5 Å². The Morgan fingerprint density at radius 1 is 0.935 bits per heavy atom. The second-order valence-electron chi connectivity index (χ2n) is 10.8. The van der Waals surface area contributed by atoms with Crippen molar-refractivity contribution in [3.8, 4) is 0 Å². The van der Waals surface area contributed by atoms with Gasteiger partial charge in [-0.25, -0.2) is 0 Å². The number of rotatable bonds is 6. The number of fused-ring (bicyclic) bond motifs is 4. The lowest BCUT2D eigenvalue weighted by atomic mass is 9.60. The molecule has 5 rings (SSSR count). The van der Waals surface area contributed by atoms with Crippen molar-refractivity contribution >= 4 is 11.8 Å². The molecule has 4 aliphatic rings. The largest absolute Gasteiger partial charge is 0.353 e. The van der Waals surface area contributed by atoms with Crippen molar-refractivity contribution in [1.29, 1.82) is 0 Å². The highest BCUT2D eigenvalue weighted by atomic mass is 16.2. The standard InChI is InChI=1S/C27H40N2O2/c1-18(2)28-25(30)24-10-9-21(22-7-5-4-6-8-23(22)24)17-19(3)29-26(31)27-14-11-20(12-15-27)13-16-27/h9-10,18-20H,4-8,11-17H2,1-3H3,(H,28,30)(H,29,31). The van der Waals surface area contributed by atoms with Gasteiger partial charge in [0.15, 0.2) is 0 Å². The zero-order valence-corrected chi connectivity index (χ0v) is 19.7. The molecule has 0 heterocycles. The molecule has 3 saturated carbocycles. The molecule has 4 heteroatoms. The summed E-state index contributed by atoms with van der Waals surface area (Å²) >= 11 is 0. The van der Waals surface area contributed by atoms with Crippen LogP contribution in [-0.4, -0.2) is 23.9 Å². The summed E-state index contributed by atoms with van der Waals surface area (Å²) in [5.41, 5.74) is 4.68. The predicted octanol–water partition coefficient (Wildman–Crippen LogP) is 5.11. The van der Waals surface area contributed by atoms with Crippen LogP contribution in [-0.2, 0) is 24.1 Å². The third-order valence-corrected chi connectivity index (χ3v) is 8.02. The maximum absolute atomic E-state index is 13.2. The van der Waals surface area contributed by atoms with Crippen molar-refractivity contribution in [1.82, 2.24) is 10.6 Å². The van der Waals surface area contributed by atoms with E-state index in [9.17, 15) is 9.59 Å². The van der Waals surface area contributed by atoms with Crippen molar-refractivity contribution in [3.63, 3.8) is 0 Å². The van der Waals surface area contributed by atoms with E-state index < -0.39 is 0 Å². The fourth-order valence-corrected chi connectivity index (χ4v) is 6.21. The maximum Gasteiger partial charge on any atom is 0.251 e. The Labute approximate surface area is 188 Å². The van der Waals surface area contributed by atoms with Crippen LogP contribution >= 0.6 is 0 Å². The minimum atomic E-state index is -0.0985. The first-order chi connectivity index (χ1) is 14.9. The van der Waals surface area contributed by atoms with Gasteiger partial charge >= 0.3 is 0 Å². The zero-order valence-electron chi connectivity index (χ0n) is 19.7. The molecule has 1 unspecified atom stereocenters. The van der Waals surface area contributed by atoms with Crippen LogP contribution in [0.2, 0.25) is 0 Å². The third kappa shape index (κ3) is 4.83. The minimum absolute atomic E-state index is 0.0491. The van der Waals surface area contributed by atoms with Gasteiger partial charge in [0.25, 0.3) is 5.91 Å². The smallest absolute Gasteiger partial charge is 0.251 e. The van der Waals surface area contributed by atoms with Crippen molar-refractivity contribution in [2.24, 2.45) is 11.3 Å². The molecule has 2 N–H and O–H groups in total. The van der Waals surface area contributed by atoms with Gasteiger partial charge in [0.2, 0.25) is 5.91 Å². The number of amides is 2. The molecule has 0 aliphatic heterocycles. The van der Waals surface area contributed by atoms with E-state index in [1.54, 1.807) is 0 Å². The molecule has 0 aromatic heterocycles. The normalized spacial score (nSPS) is 26.1. The van der Waals surface area contributed by atoms with E-state index in [1.165, 1.54) is 48.8 Å². The molecular formula is C27H40N2O2. The van der Waals surface area contributed by atoms with Crippen molar-refractivity contribution in [2.45, 2.75) is 110 Å². The molecule has 170 valence electrons. The Hall–Kier alpha value is -1.84. The van der Waals surface area contributed by atoms with Crippen LogP contribution in [0.3, 0.4) is 0 Å². The Bertz CT molecular complexity index is 807. The van der Waals surface area contributed by atoms with E-state index in [4.69, 9.17) is 0 Å². The quantitative estimate of drug-likeness (QED) is 0.623.